The first-order valence-electron chi connectivity index (χ1n) is 5.34. The van der Waals surface area contributed by atoms with E-state index in [4.69, 9.17) is 21.5 Å². The van der Waals surface area contributed by atoms with Crippen molar-refractivity contribution in [2.45, 2.75) is 22.6 Å². The molecule has 0 aromatic carbocycles. The monoisotopic (exact) mass is 390 g/mol. The maximum Gasteiger partial charge on any atom is 0.402 e. The number of alkyl halides is 6. The van der Waals surface area contributed by atoms with Crippen LogP contribution in [0.4, 0.5) is 26.3 Å². The molecule has 1 rings (SSSR count). The fourth-order valence-corrected chi connectivity index (χ4v) is 4.39. The lowest BCUT2D eigenvalue weighted by Gasteiger charge is -2.30. The molecule has 2 atom stereocenters. The predicted molar refractivity (Wildman–Crippen MR) is 68.1 cm³/mol. The molecule has 1 aromatic heterocycles. The van der Waals surface area contributed by atoms with Crippen LogP contribution in [0.2, 0.25) is 4.34 Å². The van der Waals surface area contributed by atoms with Crippen molar-refractivity contribution >= 4 is 32.9 Å². The second kappa shape index (κ2) is 6.51. The summed E-state index contributed by atoms with van der Waals surface area (Å²) in [5, 5.41) is 8.84. The zero-order valence-electron chi connectivity index (χ0n) is 10.3. The Morgan fingerprint density at radius 2 is 1.77 bits per heavy atom. The van der Waals surface area contributed by atoms with E-state index in [0.717, 1.165) is 6.07 Å². The molecule has 0 saturated heterocycles. The van der Waals surface area contributed by atoms with Crippen molar-refractivity contribution < 1.29 is 35.7 Å². The highest BCUT2D eigenvalue weighted by molar-refractivity contribution is 7.92. The summed E-state index contributed by atoms with van der Waals surface area (Å²) >= 11 is 6.09. The minimum absolute atomic E-state index is 0.0560. The lowest BCUT2D eigenvalue weighted by Crippen LogP contribution is -2.53. The highest BCUT2D eigenvalue weighted by Gasteiger charge is 2.60. The van der Waals surface area contributed by atoms with E-state index in [0.29, 0.717) is 11.3 Å². The smallest absolute Gasteiger partial charge is 0.395 e. The summed E-state index contributed by atoms with van der Waals surface area (Å²) in [7, 11) is -4.19. The first-order chi connectivity index (χ1) is 9.79. The molecular weight excluding hydrogens is 382 g/mol. The molecule has 1 unspecified atom stereocenters. The number of rotatable bonds is 5. The van der Waals surface area contributed by atoms with Crippen LogP contribution >= 0.6 is 22.9 Å². The molecule has 0 amide bonds. The molecule has 0 fully saturated rings. The number of aliphatic hydroxyl groups excluding tert-OH is 1. The third kappa shape index (κ3) is 4.72. The quantitative estimate of drug-likeness (QED) is 0.674. The van der Waals surface area contributed by atoms with Gasteiger partial charge in [0.2, 0.25) is 0 Å². The van der Waals surface area contributed by atoms with E-state index in [1.807, 2.05) is 0 Å². The maximum absolute atomic E-state index is 12.6. The molecule has 1 aromatic rings. The summed E-state index contributed by atoms with van der Waals surface area (Å²) < 4.78 is 96.1. The van der Waals surface area contributed by atoms with Gasteiger partial charge in [-0.2, -0.15) is 26.3 Å². The SMILES string of the molecule is N=S(=O)(N[C@@H](CO)C(C(F)(F)F)C(F)(F)F)c1ccc(Cl)s1. The number of nitrogens with one attached hydrogen (secondary N) is 2. The summed E-state index contributed by atoms with van der Waals surface area (Å²) in [5.74, 6) is -3.97. The van der Waals surface area contributed by atoms with Crippen molar-refractivity contribution in [2.75, 3.05) is 6.61 Å². The average molecular weight is 391 g/mol. The van der Waals surface area contributed by atoms with E-state index in [2.05, 4.69) is 0 Å². The topological polar surface area (TPSA) is 73.2 Å². The van der Waals surface area contributed by atoms with Gasteiger partial charge in [-0.25, -0.2) is 13.7 Å². The molecule has 0 aliphatic rings. The highest BCUT2D eigenvalue weighted by atomic mass is 35.5. The van der Waals surface area contributed by atoms with E-state index in [1.165, 1.54) is 10.8 Å². The van der Waals surface area contributed by atoms with Crippen molar-refractivity contribution in [3.8, 4) is 0 Å². The average Bonchev–Trinajstić information content (AvgIpc) is 2.71. The molecule has 4 nitrogen and oxygen atoms in total. The summed E-state index contributed by atoms with van der Waals surface area (Å²) in [6.45, 7) is -1.61. The number of aliphatic hydroxyl groups is 1. The Bertz CT molecular complexity index is 598. The Kier molecular flexibility index (Phi) is 5.77. The van der Waals surface area contributed by atoms with Gasteiger partial charge in [-0.3, -0.25) is 0 Å². The standard InChI is InChI=1S/C9H9ClF6N2O2S2/c10-5-1-2-6(21-5)22(17,20)18-4(3-19)7(8(11,12)13)9(14,15)16/h1-2,4,7,19H,3H2,(H2,17,18,20)/t4-,22?/m0/s1. The van der Waals surface area contributed by atoms with Crippen LogP contribution in [0.25, 0.3) is 0 Å². The summed E-state index contributed by atoms with van der Waals surface area (Å²) in [6.07, 6.45) is -11.5. The third-order valence-corrected chi connectivity index (χ3v) is 5.77. The van der Waals surface area contributed by atoms with Crippen molar-refractivity contribution in [3.05, 3.63) is 16.5 Å². The molecule has 0 radical (unpaired) electrons. The normalized spacial score (nSPS) is 17.5. The van der Waals surface area contributed by atoms with Gasteiger partial charge in [-0.05, 0) is 12.1 Å². The van der Waals surface area contributed by atoms with Gasteiger partial charge in [0.15, 0.2) is 5.92 Å². The van der Waals surface area contributed by atoms with Crippen LogP contribution in [-0.4, -0.2) is 34.3 Å². The lowest BCUT2D eigenvalue weighted by atomic mass is 10.00. The number of hydrogen-bond donors (Lipinski definition) is 3. The van der Waals surface area contributed by atoms with Gasteiger partial charge < -0.3 is 5.11 Å². The molecule has 3 N–H and O–H groups in total. The van der Waals surface area contributed by atoms with Gasteiger partial charge in [-0.15, -0.1) is 11.3 Å². The van der Waals surface area contributed by atoms with Crippen LogP contribution in [0.5, 0.6) is 0 Å². The van der Waals surface area contributed by atoms with Crippen LogP contribution in [0.3, 0.4) is 0 Å². The van der Waals surface area contributed by atoms with E-state index in [1.54, 1.807) is 0 Å². The van der Waals surface area contributed by atoms with E-state index >= 15 is 0 Å². The maximum atomic E-state index is 12.6. The lowest BCUT2D eigenvalue weighted by molar-refractivity contribution is -0.292. The summed E-state index contributed by atoms with van der Waals surface area (Å²) in [4.78, 5) is 0. The van der Waals surface area contributed by atoms with E-state index in [9.17, 15) is 30.6 Å². The van der Waals surface area contributed by atoms with Crippen molar-refractivity contribution in [3.63, 3.8) is 0 Å². The molecule has 22 heavy (non-hydrogen) atoms. The fraction of sp³-hybridized carbons (Fsp3) is 0.556. The molecule has 128 valence electrons. The van der Waals surface area contributed by atoms with Crippen molar-refractivity contribution in [1.29, 1.82) is 4.78 Å². The van der Waals surface area contributed by atoms with Crippen molar-refractivity contribution in [2.24, 2.45) is 5.92 Å². The van der Waals surface area contributed by atoms with Crippen LogP contribution in [-0.2, 0) is 9.92 Å². The molecule has 0 bridgehead atoms. The fourth-order valence-electron chi connectivity index (χ4n) is 1.58. The minimum atomic E-state index is -5.73. The molecule has 0 aliphatic carbocycles. The van der Waals surface area contributed by atoms with E-state index < -0.39 is 40.8 Å². The minimum Gasteiger partial charge on any atom is -0.395 e. The predicted octanol–water partition coefficient (Wildman–Crippen LogP) is 3.41. The molecule has 0 aliphatic heterocycles. The zero-order chi connectivity index (χ0) is 17.3. The first-order valence-corrected chi connectivity index (χ1v) is 8.10. The van der Waals surface area contributed by atoms with Gasteiger partial charge in [0.1, 0.15) is 14.1 Å². The molecule has 1 heterocycles. The van der Waals surface area contributed by atoms with Crippen LogP contribution in [0.15, 0.2) is 16.3 Å². The van der Waals surface area contributed by atoms with Gasteiger partial charge in [-0.1, -0.05) is 11.6 Å². The van der Waals surface area contributed by atoms with Gasteiger partial charge in [0, 0.05) is 0 Å². The largest absolute Gasteiger partial charge is 0.402 e. The van der Waals surface area contributed by atoms with Crippen LogP contribution in [0.1, 0.15) is 0 Å². The Morgan fingerprint density at radius 1 is 1.27 bits per heavy atom. The summed E-state index contributed by atoms with van der Waals surface area (Å²) in [6, 6.07) is -0.457. The molecular formula is C9H9ClF6N2O2S2. The van der Waals surface area contributed by atoms with Gasteiger partial charge in [0.05, 0.1) is 17.0 Å². The second-order valence-corrected chi connectivity index (χ2v) is 7.84. The second-order valence-electron chi connectivity index (χ2n) is 4.08. The van der Waals surface area contributed by atoms with E-state index in [-0.39, 0.29) is 8.55 Å². The molecule has 13 heteroatoms. The summed E-state index contributed by atoms with van der Waals surface area (Å²) in [5.41, 5.74) is 0. The number of thiophene rings is 1. The van der Waals surface area contributed by atoms with Gasteiger partial charge >= 0.3 is 12.4 Å². The Morgan fingerprint density at radius 3 is 2.09 bits per heavy atom. The molecule has 0 spiro atoms. The Labute approximate surface area is 130 Å². The highest BCUT2D eigenvalue weighted by Crippen LogP contribution is 2.41. The van der Waals surface area contributed by atoms with Crippen LogP contribution < -0.4 is 4.72 Å². The van der Waals surface area contributed by atoms with Gasteiger partial charge in [0.25, 0.3) is 0 Å². The third-order valence-electron chi connectivity index (χ3n) is 2.45. The Balaban J connectivity index is 3.15. The first kappa shape index (κ1) is 19.5. The van der Waals surface area contributed by atoms with Crippen LogP contribution in [0, 0.1) is 10.7 Å². The Hall–Kier alpha value is -0.560. The van der Waals surface area contributed by atoms with Crippen molar-refractivity contribution in [1.82, 2.24) is 4.72 Å². The number of hydrogen-bond acceptors (Lipinski definition) is 4. The zero-order valence-corrected chi connectivity index (χ0v) is 12.7. The number of halogens is 7. The molecule has 0 saturated carbocycles.